The van der Waals surface area contributed by atoms with E-state index in [2.05, 4.69) is 5.32 Å². The summed E-state index contributed by atoms with van der Waals surface area (Å²) < 4.78 is 10.4. The van der Waals surface area contributed by atoms with Gasteiger partial charge in [-0.05, 0) is 50.8 Å². The van der Waals surface area contributed by atoms with Crippen LogP contribution in [0.25, 0.3) is 6.08 Å². The summed E-state index contributed by atoms with van der Waals surface area (Å²) in [6, 6.07) is 12.2. The molecule has 0 aromatic heterocycles. The van der Waals surface area contributed by atoms with Crippen molar-refractivity contribution in [3.05, 3.63) is 76.9 Å². The van der Waals surface area contributed by atoms with Gasteiger partial charge in [0.1, 0.15) is 0 Å². The van der Waals surface area contributed by atoms with Crippen LogP contribution < -0.4 is 5.32 Å². The zero-order chi connectivity index (χ0) is 32.6. The van der Waals surface area contributed by atoms with Crippen molar-refractivity contribution in [3.63, 3.8) is 0 Å². The Labute approximate surface area is 255 Å². The van der Waals surface area contributed by atoms with Crippen LogP contribution >= 0.6 is 0 Å². The van der Waals surface area contributed by atoms with E-state index in [9.17, 15) is 24.3 Å². The van der Waals surface area contributed by atoms with Gasteiger partial charge in [-0.1, -0.05) is 76.2 Å². The maximum atomic E-state index is 12.7. The van der Waals surface area contributed by atoms with Crippen LogP contribution in [0.5, 0.6) is 0 Å². The molecule has 3 rings (SSSR count). The lowest BCUT2D eigenvalue weighted by Crippen LogP contribution is -2.30. The number of rotatable bonds is 11. The Bertz CT molecular complexity index is 1240. The summed E-state index contributed by atoms with van der Waals surface area (Å²) in [6.45, 7) is 14.2. The molecule has 2 unspecified atom stereocenters. The minimum atomic E-state index is -1.47. The topological polar surface area (TPSA) is 143 Å². The number of nitrogens with one attached hydrogen (secondary N) is 2. The molecule has 3 N–H and O–H groups in total. The molecule has 234 valence electrons. The normalized spacial score (nSPS) is 14.8. The molecule has 1 saturated heterocycles. The average molecular weight is 595 g/mol. The fraction of sp³-hybridized carbons (Fsp3) is 0.441. The Morgan fingerprint density at radius 2 is 1.47 bits per heavy atom. The third-order valence-electron chi connectivity index (χ3n) is 6.06. The molecule has 1 fully saturated rings. The summed E-state index contributed by atoms with van der Waals surface area (Å²) in [5, 5.41) is 20.9. The molecular formula is C34H46N2O7. The molecule has 0 bridgehead atoms. The van der Waals surface area contributed by atoms with Crippen molar-refractivity contribution in [2.24, 2.45) is 5.41 Å². The van der Waals surface area contributed by atoms with Gasteiger partial charge in [-0.15, -0.1) is 0 Å². The number of ether oxygens (including phenoxy) is 2. The number of ketones is 2. The van der Waals surface area contributed by atoms with Gasteiger partial charge in [0.2, 0.25) is 23.8 Å². The summed E-state index contributed by atoms with van der Waals surface area (Å²) in [7, 11) is 0. The van der Waals surface area contributed by atoms with Gasteiger partial charge in [0.15, 0.2) is 0 Å². The van der Waals surface area contributed by atoms with E-state index in [1.54, 1.807) is 39.0 Å². The third-order valence-corrected chi connectivity index (χ3v) is 6.06. The van der Waals surface area contributed by atoms with E-state index in [0.717, 1.165) is 19.4 Å². The smallest absolute Gasteiger partial charge is 0.313 e. The SMILES string of the molecule is CC.CC.CC(C)(C)C(=O)OC(O)CC(=N)c1ccc(C(=O)C(=O)c2ccc(/C=C/C(=O)NCC3CCCO3)cc2)cc1. The fourth-order valence-corrected chi connectivity index (χ4v) is 3.72. The molecule has 1 amide bonds. The van der Waals surface area contributed by atoms with Gasteiger partial charge in [0, 0.05) is 36.1 Å². The largest absolute Gasteiger partial charge is 0.435 e. The van der Waals surface area contributed by atoms with Crippen molar-refractivity contribution < 1.29 is 33.8 Å². The number of carbonyl (C=O) groups is 4. The van der Waals surface area contributed by atoms with E-state index in [1.807, 2.05) is 27.7 Å². The van der Waals surface area contributed by atoms with Gasteiger partial charge < -0.3 is 25.3 Å². The molecular weight excluding hydrogens is 548 g/mol. The number of carbonyl (C=O) groups excluding carboxylic acids is 4. The zero-order valence-corrected chi connectivity index (χ0v) is 26.4. The van der Waals surface area contributed by atoms with Crippen molar-refractivity contribution in [1.29, 1.82) is 5.41 Å². The lowest BCUT2D eigenvalue weighted by Gasteiger charge is -2.20. The van der Waals surface area contributed by atoms with Gasteiger partial charge in [-0.2, -0.15) is 0 Å². The predicted molar refractivity (Wildman–Crippen MR) is 168 cm³/mol. The molecule has 1 aliphatic heterocycles. The second-order valence-corrected chi connectivity index (χ2v) is 10.4. The first-order valence-electron chi connectivity index (χ1n) is 14.8. The van der Waals surface area contributed by atoms with Crippen LogP contribution in [-0.4, -0.2) is 59.8 Å². The summed E-state index contributed by atoms with van der Waals surface area (Å²) in [6.07, 6.45) is 3.34. The van der Waals surface area contributed by atoms with Crippen LogP contribution in [0.2, 0.25) is 0 Å². The number of aliphatic hydroxyl groups excluding tert-OH is 1. The van der Waals surface area contributed by atoms with Crippen LogP contribution in [0.3, 0.4) is 0 Å². The lowest BCUT2D eigenvalue weighted by molar-refractivity contribution is -0.176. The highest BCUT2D eigenvalue weighted by atomic mass is 16.6. The third kappa shape index (κ3) is 12.4. The molecule has 1 heterocycles. The molecule has 43 heavy (non-hydrogen) atoms. The van der Waals surface area contributed by atoms with Crippen molar-refractivity contribution >= 4 is 35.2 Å². The van der Waals surface area contributed by atoms with Gasteiger partial charge in [0.25, 0.3) is 0 Å². The standard InChI is InChI=1S/C30H34N2O7.2C2H6/c1-30(2,3)29(37)39-26(34)17-24(31)20-11-13-22(14-12-20)28(36)27(35)21-9-6-19(7-10-21)8-15-25(33)32-18-23-5-4-16-38-23;2*1-2/h6-15,23,26,31,34H,4-5,16-18H2,1-3H3,(H,32,33);2*1-2H3/b15-8+,31-24?;;. The summed E-state index contributed by atoms with van der Waals surface area (Å²) in [4.78, 5) is 49.3. The van der Waals surface area contributed by atoms with Crippen LogP contribution in [0.15, 0.2) is 54.6 Å². The van der Waals surface area contributed by atoms with Gasteiger partial charge in [-0.25, -0.2) is 0 Å². The van der Waals surface area contributed by atoms with E-state index in [-0.39, 0.29) is 35.3 Å². The second-order valence-electron chi connectivity index (χ2n) is 10.4. The maximum absolute atomic E-state index is 12.7. The van der Waals surface area contributed by atoms with Crippen LogP contribution in [-0.2, 0) is 19.1 Å². The first-order chi connectivity index (χ1) is 20.4. The first-order valence-corrected chi connectivity index (χ1v) is 14.8. The minimum Gasteiger partial charge on any atom is -0.435 e. The molecule has 0 saturated carbocycles. The molecule has 0 spiro atoms. The number of aliphatic hydroxyl groups is 1. The van der Waals surface area contributed by atoms with E-state index in [1.165, 1.54) is 42.5 Å². The second kappa shape index (κ2) is 18.6. The first kappa shape index (κ1) is 37.1. The number of hydrogen-bond donors (Lipinski definition) is 3. The summed E-state index contributed by atoms with van der Waals surface area (Å²) >= 11 is 0. The molecule has 9 nitrogen and oxygen atoms in total. The monoisotopic (exact) mass is 594 g/mol. The minimum absolute atomic E-state index is 0.0127. The highest BCUT2D eigenvalue weighted by Crippen LogP contribution is 2.18. The number of benzene rings is 2. The molecule has 2 aromatic carbocycles. The molecule has 2 atom stereocenters. The van der Waals surface area contributed by atoms with Gasteiger partial charge >= 0.3 is 5.97 Å². The van der Waals surface area contributed by atoms with Crippen molar-refractivity contribution in [2.45, 2.75) is 80.1 Å². The molecule has 0 aliphatic carbocycles. The Balaban J connectivity index is 0.00000221. The summed E-state index contributed by atoms with van der Waals surface area (Å²) in [5.41, 5.74) is 0.711. The van der Waals surface area contributed by atoms with Gasteiger partial charge in [-0.3, -0.25) is 19.2 Å². The average Bonchev–Trinajstić information content (AvgIpc) is 3.54. The Hall–Kier alpha value is -3.95. The van der Waals surface area contributed by atoms with E-state index >= 15 is 0 Å². The van der Waals surface area contributed by atoms with Crippen LogP contribution in [0.1, 0.15) is 99.6 Å². The van der Waals surface area contributed by atoms with E-state index < -0.39 is 29.2 Å². The van der Waals surface area contributed by atoms with Crippen LogP contribution in [0.4, 0.5) is 0 Å². The highest BCUT2D eigenvalue weighted by molar-refractivity contribution is 6.49. The molecule has 0 radical (unpaired) electrons. The Kier molecular flexibility index (Phi) is 16.0. The van der Waals surface area contributed by atoms with Crippen molar-refractivity contribution in [1.82, 2.24) is 5.32 Å². The molecule has 2 aromatic rings. The Morgan fingerprint density at radius 3 is 1.95 bits per heavy atom. The molecule has 1 aliphatic rings. The number of amides is 1. The van der Waals surface area contributed by atoms with Crippen molar-refractivity contribution in [2.75, 3.05) is 13.2 Å². The lowest BCUT2D eigenvalue weighted by atomic mass is 9.97. The zero-order valence-electron chi connectivity index (χ0n) is 26.4. The quantitative estimate of drug-likeness (QED) is 0.0747. The summed E-state index contributed by atoms with van der Waals surface area (Å²) in [5.74, 6) is -2.21. The highest BCUT2D eigenvalue weighted by Gasteiger charge is 2.26. The van der Waals surface area contributed by atoms with Crippen LogP contribution in [0, 0.1) is 10.8 Å². The maximum Gasteiger partial charge on any atom is 0.313 e. The molecule has 9 heteroatoms. The predicted octanol–water partition coefficient (Wildman–Crippen LogP) is 5.78. The Morgan fingerprint density at radius 1 is 0.953 bits per heavy atom. The van der Waals surface area contributed by atoms with E-state index in [0.29, 0.717) is 17.7 Å². The fourth-order valence-electron chi connectivity index (χ4n) is 3.72. The number of hydrogen-bond acceptors (Lipinski definition) is 8. The van der Waals surface area contributed by atoms with Gasteiger partial charge in [0.05, 0.1) is 17.9 Å². The number of Topliss-reactive ketones (excluding diaryl/α,β-unsaturated/α-hetero) is 2. The number of esters is 1. The van der Waals surface area contributed by atoms with Crippen molar-refractivity contribution in [3.8, 4) is 0 Å². The van der Waals surface area contributed by atoms with E-state index in [4.69, 9.17) is 14.9 Å².